The summed E-state index contributed by atoms with van der Waals surface area (Å²) in [5.74, 6) is 0.294. The first-order valence-electron chi connectivity index (χ1n) is 6.31. The molecule has 2 aromatic rings. The normalized spacial score (nSPS) is 11.6. The largest absolute Gasteiger partial charge is 0.481 e. The molecule has 0 aliphatic rings. The fourth-order valence-corrected chi connectivity index (χ4v) is 1.77. The SMILES string of the molecule is COc1ccc(C(=O)N[C@@H](C)c2ccncn2)c(OC)n1. The van der Waals surface area contributed by atoms with E-state index in [9.17, 15) is 4.79 Å². The molecule has 0 aliphatic heterocycles. The number of hydrogen-bond acceptors (Lipinski definition) is 6. The van der Waals surface area contributed by atoms with Crippen LogP contribution in [0.3, 0.4) is 0 Å². The van der Waals surface area contributed by atoms with Gasteiger partial charge in [0, 0.05) is 12.3 Å². The maximum absolute atomic E-state index is 12.3. The molecule has 21 heavy (non-hydrogen) atoms. The summed E-state index contributed by atoms with van der Waals surface area (Å²) in [4.78, 5) is 24.3. The molecule has 0 aromatic carbocycles. The van der Waals surface area contributed by atoms with E-state index < -0.39 is 0 Å². The fourth-order valence-electron chi connectivity index (χ4n) is 1.77. The second kappa shape index (κ2) is 6.65. The minimum Gasteiger partial charge on any atom is -0.481 e. The molecule has 0 saturated carbocycles. The highest BCUT2D eigenvalue weighted by atomic mass is 16.5. The van der Waals surface area contributed by atoms with Crippen LogP contribution < -0.4 is 14.8 Å². The summed E-state index contributed by atoms with van der Waals surface area (Å²) in [6.07, 6.45) is 3.06. The van der Waals surface area contributed by atoms with Gasteiger partial charge in [-0.3, -0.25) is 4.79 Å². The predicted octanol–water partition coefficient (Wildman–Crippen LogP) is 1.38. The van der Waals surface area contributed by atoms with Crippen LogP contribution in [0.4, 0.5) is 0 Å². The van der Waals surface area contributed by atoms with Crippen molar-refractivity contribution in [3.8, 4) is 11.8 Å². The van der Waals surface area contributed by atoms with Gasteiger partial charge in [-0.15, -0.1) is 0 Å². The van der Waals surface area contributed by atoms with Crippen molar-refractivity contribution in [2.75, 3.05) is 14.2 Å². The summed E-state index contributed by atoms with van der Waals surface area (Å²) in [7, 11) is 2.95. The second-order valence-electron chi connectivity index (χ2n) is 4.24. The fraction of sp³-hybridized carbons (Fsp3) is 0.286. The van der Waals surface area contributed by atoms with E-state index >= 15 is 0 Å². The Morgan fingerprint density at radius 3 is 2.67 bits per heavy atom. The van der Waals surface area contributed by atoms with Crippen LogP contribution in [0.5, 0.6) is 11.8 Å². The molecule has 2 rings (SSSR count). The Morgan fingerprint density at radius 2 is 2.05 bits per heavy atom. The standard InChI is InChI=1S/C14H16N4O3/c1-9(11-6-7-15-8-16-11)17-13(19)10-4-5-12(20-2)18-14(10)21-3/h4-9H,1-3H3,(H,17,19)/t9-/m0/s1. The Balaban J connectivity index is 2.17. The molecule has 2 aromatic heterocycles. The van der Waals surface area contributed by atoms with Gasteiger partial charge in [-0.1, -0.05) is 0 Å². The van der Waals surface area contributed by atoms with Gasteiger partial charge >= 0.3 is 0 Å². The lowest BCUT2D eigenvalue weighted by atomic mass is 10.2. The van der Waals surface area contributed by atoms with E-state index in [1.165, 1.54) is 20.5 Å². The molecule has 0 fully saturated rings. The van der Waals surface area contributed by atoms with Crippen LogP contribution in [0.25, 0.3) is 0 Å². The highest BCUT2D eigenvalue weighted by molar-refractivity contribution is 5.96. The summed E-state index contributed by atoms with van der Waals surface area (Å²) in [5, 5.41) is 2.83. The molecule has 0 saturated heterocycles. The van der Waals surface area contributed by atoms with E-state index in [2.05, 4.69) is 20.3 Å². The van der Waals surface area contributed by atoms with Crippen molar-refractivity contribution >= 4 is 5.91 Å². The summed E-state index contributed by atoms with van der Waals surface area (Å²) < 4.78 is 10.1. The van der Waals surface area contributed by atoms with Crippen LogP contribution >= 0.6 is 0 Å². The van der Waals surface area contributed by atoms with Crippen molar-refractivity contribution in [2.45, 2.75) is 13.0 Å². The number of aromatic nitrogens is 3. The van der Waals surface area contributed by atoms with Crippen LogP contribution in [0.1, 0.15) is 29.0 Å². The van der Waals surface area contributed by atoms with Crippen molar-refractivity contribution in [3.63, 3.8) is 0 Å². The number of rotatable bonds is 5. The van der Waals surface area contributed by atoms with Crippen molar-refractivity contribution < 1.29 is 14.3 Å². The first-order valence-corrected chi connectivity index (χ1v) is 6.31. The zero-order chi connectivity index (χ0) is 15.2. The Hall–Kier alpha value is -2.70. The van der Waals surface area contributed by atoms with E-state index in [0.717, 1.165) is 5.69 Å². The molecule has 7 heteroatoms. The minimum atomic E-state index is -0.298. The van der Waals surface area contributed by atoms with E-state index in [1.54, 1.807) is 24.4 Å². The first kappa shape index (κ1) is 14.7. The van der Waals surface area contributed by atoms with Crippen molar-refractivity contribution in [1.29, 1.82) is 0 Å². The Bertz CT molecular complexity index is 619. The van der Waals surface area contributed by atoms with Crippen molar-refractivity contribution in [1.82, 2.24) is 20.3 Å². The zero-order valence-electron chi connectivity index (χ0n) is 12.0. The van der Waals surface area contributed by atoms with E-state index in [4.69, 9.17) is 9.47 Å². The maximum Gasteiger partial charge on any atom is 0.257 e. The van der Waals surface area contributed by atoms with Gasteiger partial charge < -0.3 is 14.8 Å². The molecule has 2 heterocycles. The Morgan fingerprint density at radius 1 is 1.24 bits per heavy atom. The summed E-state index contributed by atoms with van der Waals surface area (Å²) in [5.41, 5.74) is 1.05. The number of nitrogens with one attached hydrogen (secondary N) is 1. The number of methoxy groups -OCH3 is 2. The quantitative estimate of drug-likeness (QED) is 0.894. The third-order valence-electron chi connectivity index (χ3n) is 2.88. The number of carbonyl (C=O) groups excluding carboxylic acids is 1. The number of hydrogen-bond donors (Lipinski definition) is 1. The van der Waals surface area contributed by atoms with Gasteiger partial charge in [0.2, 0.25) is 11.8 Å². The zero-order valence-corrected chi connectivity index (χ0v) is 12.0. The summed E-state index contributed by atoms with van der Waals surface area (Å²) in [6, 6.07) is 4.70. The Labute approximate surface area is 122 Å². The van der Waals surface area contributed by atoms with Gasteiger partial charge in [0.25, 0.3) is 5.91 Å². The molecule has 1 amide bonds. The number of ether oxygens (including phenoxy) is 2. The first-order chi connectivity index (χ1) is 10.2. The second-order valence-corrected chi connectivity index (χ2v) is 4.24. The predicted molar refractivity (Wildman–Crippen MR) is 75.3 cm³/mol. The van der Waals surface area contributed by atoms with Gasteiger partial charge in [0.05, 0.1) is 26.0 Å². The van der Waals surface area contributed by atoms with Crippen LogP contribution in [0.15, 0.2) is 30.7 Å². The summed E-state index contributed by atoms with van der Waals surface area (Å²) in [6.45, 7) is 1.84. The average Bonchev–Trinajstić information content (AvgIpc) is 2.54. The molecule has 0 spiro atoms. The van der Waals surface area contributed by atoms with Gasteiger partial charge in [-0.2, -0.15) is 4.98 Å². The third kappa shape index (κ3) is 3.44. The van der Waals surface area contributed by atoms with Crippen LogP contribution in [-0.2, 0) is 0 Å². The lowest BCUT2D eigenvalue weighted by Gasteiger charge is -2.14. The van der Waals surface area contributed by atoms with Gasteiger partial charge in [0.1, 0.15) is 11.9 Å². The van der Waals surface area contributed by atoms with Gasteiger partial charge in [-0.25, -0.2) is 9.97 Å². The molecule has 1 atom stereocenters. The topological polar surface area (TPSA) is 86.2 Å². The molecule has 0 bridgehead atoms. The van der Waals surface area contributed by atoms with Crippen LogP contribution in [0, 0.1) is 0 Å². The smallest absolute Gasteiger partial charge is 0.257 e. The molecule has 0 unspecified atom stereocenters. The summed E-state index contributed by atoms with van der Waals surface area (Å²) >= 11 is 0. The van der Waals surface area contributed by atoms with Gasteiger partial charge in [0.15, 0.2) is 0 Å². The highest BCUT2D eigenvalue weighted by Crippen LogP contribution is 2.20. The van der Waals surface area contributed by atoms with E-state index in [1.807, 2.05) is 6.92 Å². The maximum atomic E-state index is 12.3. The lowest BCUT2D eigenvalue weighted by molar-refractivity contribution is 0.0935. The molecular formula is C14H16N4O3. The number of amides is 1. The molecule has 1 N–H and O–H groups in total. The number of nitrogens with zero attached hydrogens (tertiary/aromatic N) is 3. The number of carbonyl (C=O) groups is 1. The minimum absolute atomic E-state index is 0.210. The third-order valence-corrected chi connectivity index (χ3v) is 2.88. The van der Waals surface area contributed by atoms with Crippen LogP contribution in [-0.4, -0.2) is 35.1 Å². The molecule has 0 radical (unpaired) electrons. The lowest BCUT2D eigenvalue weighted by Crippen LogP contribution is -2.27. The Kier molecular flexibility index (Phi) is 4.65. The number of pyridine rings is 1. The molecule has 110 valence electrons. The highest BCUT2D eigenvalue weighted by Gasteiger charge is 2.17. The van der Waals surface area contributed by atoms with E-state index in [-0.39, 0.29) is 17.8 Å². The van der Waals surface area contributed by atoms with Crippen molar-refractivity contribution in [3.05, 3.63) is 42.0 Å². The molecule has 0 aliphatic carbocycles. The average molecular weight is 288 g/mol. The molecule has 7 nitrogen and oxygen atoms in total. The van der Waals surface area contributed by atoms with Crippen LogP contribution in [0.2, 0.25) is 0 Å². The van der Waals surface area contributed by atoms with E-state index in [0.29, 0.717) is 11.4 Å². The van der Waals surface area contributed by atoms with Crippen molar-refractivity contribution in [2.24, 2.45) is 0 Å². The molecular weight excluding hydrogens is 272 g/mol. The monoisotopic (exact) mass is 288 g/mol. The van der Waals surface area contributed by atoms with Gasteiger partial charge in [-0.05, 0) is 19.1 Å².